The molecule has 2 unspecified atom stereocenters. The van der Waals surface area contributed by atoms with Gasteiger partial charge in [0.1, 0.15) is 42.1 Å². The number of carbonyl (C=O) groups is 8. The van der Waals surface area contributed by atoms with Gasteiger partial charge < -0.3 is 60.2 Å². The third-order valence-corrected chi connectivity index (χ3v) is 9.17. The van der Waals surface area contributed by atoms with Gasteiger partial charge in [-0.3, -0.25) is 43.3 Å². The van der Waals surface area contributed by atoms with E-state index < -0.39 is 89.3 Å². The van der Waals surface area contributed by atoms with Gasteiger partial charge in [-0.05, 0) is 63.1 Å². The number of hydrogen-bond acceptors (Lipinski definition) is 10. The maximum atomic E-state index is 15.0. The Labute approximate surface area is 336 Å². The van der Waals surface area contributed by atoms with Crippen molar-refractivity contribution in [2.75, 3.05) is 19.6 Å². The number of nitrogens with one attached hydrogen (secondary N) is 7. The van der Waals surface area contributed by atoms with E-state index in [1.54, 1.807) is 0 Å². The van der Waals surface area contributed by atoms with Crippen molar-refractivity contribution in [1.82, 2.24) is 37.2 Å². The second-order valence-corrected chi connectivity index (χ2v) is 14.0. The quantitative estimate of drug-likeness (QED) is 0.0456. The zero-order chi connectivity index (χ0) is 43.2. The number of amides is 8. The van der Waals surface area contributed by atoms with Crippen molar-refractivity contribution >= 4 is 53.2 Å². The number of carbonyl (C=O) groups excluding carboxylic acids is 8. The molecule has 1 fully saturated rings. The third-order valence-electron chi connectivity index (χ3n) is 9.17. The van der Waals surface area contributed by atoms with E-state index in [2.05, 4.69) is 42.2 Å². The van der Waals surface area contributed by atoms with E-state index in [1.807, 2.05) is 6.92 Å². The van der Waals surface area contributed by atoms with E-state index in [9.17, 15) is 42.7 Å². The number of guanidine groups is 1. The molecule has 0 aliphatic carbocycles. The molecule has 1 saturated heterocycles. The first-order chi connectivity index (χ1) is 27.6. The van der Waals surface area contributed by atoms with Crippen molar-refractivity contribution in [3.8, 4) is 0 Å². The van der Waals surface area contributed by atoms with Crippen LogP contribution < -0.4 is 60.2 Å². The summed E-state index contributed by atoms with van der Waals surface area (Å²) in [7, 11) is 0. The van der Waals surface area contributed by atoms with Crippen LogP contribution in [0.25, 0.3) is 0 Å². The zero-order valence-corrected chi connectivity index (χ0v) is 33.1. The van der Waals surface area contributed by atoms with Crippen LogP contribution in [0, 0.1) is 5.82 Å². The summed E-state index contributed by atoms with van der Waals surface area (Å²) in [6.45, 7) is 3.17. The van der Waals surface area contributed by atoms with Gasteiger partial charge in [0.15, 0.2) is 5.96 Å². The molecule has 0 aromatic heterocycles. The maximum absolute atomic E-state index is 15.0. The summed E-state index contributed by atoms with van der Waals surface area (Å²) in [6.07, 6.45) is 0.744. The first-order valence-electron chi connectivity index (χ1n) is 19.4. The van der Waals surface area contributed by atoms with Crippen molar-refractivity contribution in [2.24, 2.45) is 27.9 Å². The van der Waals surface area contributed by atoms with Crippen LogP contribution in [-0.4, -0.2) is 109 Å². The molecule has 0 spiro atoms. The molecule has 6 atom stereocenters. The summed E-state index contributed by atoms with van der Waals surface area (Å²) in [4.78, 5) is 110. The third kappa shape index (κ3) is 17.5. The van der Waals surface area contributed by atoms with Crippen LogP contribution in [0.15, 0.2) is 29.3 Å². The Morgan fingerprint density at radius 3 is 2.10 bits per heavy atom. The summed E-state index contributed by atoms with van der Waals surface area (Å²) >= 11 is 0. The number of nitrogens with two attached hydrogens (primary N) is 4. The Balaban J connectivity index is 2.61. The van der Waals surface area contributed by atoms with E-state index >= 15 is 0 Å². The van der Waals surface area contributed by atoms with Crippen LogP contribution >= 0.6 is 0 Å². The minimum absolute atomic E-state index is 0.0292. The van der Waals surface area contributed by atoms with E-state index in [0.717, 1.165) is 0 Å². The summed E-state index contributed by atoms with van der Waals surface area (Å²) in [5.41, 5.74) is 22.2. The summed E-state index contributed by atoms with van der Waals surface area (Å²) in [5.74, 6) is -7.05. The smallest absolute Gasteiger partial charge is 0.243 e. The fourth-order valence-electron chi connectivity index (χ4n) is 6.01. The van der Waals surface area contributed by atoms with Crippen LogP contribution in [0.5, 0.6) is 0 Å². The van der Waals surface area contributed by atoms with Gasteiger partial charge in [-0.25, -0.2) is 4.39 Å². The molecule has 0 bridgehead atoms. The van der Waals surface area contributed by atoms with Crippen molar-refractivity contribution in [1.29, 1.82) is 0 Å². The van der Waals surface area contributed by atoms with Crippen LogP contribution in [0.4, 0.5) is 4.39 Å². The fourth-order valence-corrected chi connectivity index (χ4v) is 6.01. The molecule has 1 heterocycles. The molecule has 20 nitrogen and oxygen atoms in total. The number of rotatable bonds is 16. The SMILES string of the molecule is CCCC[C@H](NC(C)=O)C(=O)NC1CCC(=O)NCCC(C(N)=O)NC(=O)[C@H](CCCN=C(N)N)NC(=O)[C@@H](Cc2ccccc2F)NC(=O)[C@H](CCCN)NC1=O. The minimum Gasteiger partial charge on any atom is -0.370 e. The van der Waals surface area contributed by atoms with Crippen molar-refractivity contribution in [3.05, 3.63) is 35.6 Å². The van der Waals surface area contributed by atoms with Crippen LogP contribution in [-0.2, 0) is 44.8 Å². The molecular weight excluding hydrogens is 759 g/mol. The molecule has 322 valence electrons. The Bertz CT molecular complexity index is 1630. The monoisotopic (exact) mass is 818 g/mol. The molecule has 0 radical (unpaired) electrons. The van der Waals surface area contributed by atoms with Crippen molar-refractivity contribution in [3.63, 3.8) is 0 Å². The van der Waals surface area contributed by atoms with Crippen LogP contribution in [0.1, 0.15) is 83.6 Å². The minimum atomic E-state index is -1.52. The number of nitrogens with zero attached hydrogens (tertiary/aromatic N) is 1. The van der Waals surface area contributed by atoms with Gasteiger partial charge in [0.05, 0.1) is 0 Å². The van der Waals surface area contributed by atoms with E-state index in [4.69, 9.17) is 22.9 Å². The van der Waals surface area contributed by atoms with Crippen molar-refractivity contribution < 1.29 is 42.7 Å². The van der Waals surface area contributed by atoms with Gasteiger partial charge in [0.25, 0.3) is 0 Å². The summed E-state index contributed by atoms with van der Waals surface area (Å²) < 4.78 is 15.0. The highest BCUT2D eigenvalue weighted by Gasteiger charge is 2.34. The topological polar surface area (TPSA) is 337 Å². The molecule has 21 heteroatoms. The highest BCUT2D eigenvalue weighted by molar-refractivity contribution is 5.97. The lowest BCUT2D eigenvalue weighted by atomic mass is 10.0. The standard InChI is InChI=1S/C37H59FN12O8/c1-3-4-11-25(45-21(2)51)32(54)49-28-14-15-30(52)43-19-16-24(31(40)53)46-33(55)27(13-8-18-44-37(41)42)48-36(58)29(20-22-9-5-6-10-23(22)38)50-34(56)26(12-7-17-39)47-35(28)57/h5-6,9-10,24-29H,3-4,7-8,11-20,39H2,1-2H3,(H2,40,53)(H,43,52)(H,45,51)(H,46,55)(H,47,57)(H,48,58)(H,49,54)(H,50,56)(H4,41,42,44)/t24?,25-,26-,27-,28?,29+/m0/s1. The lowest BCUT2D eigenvalue weighted by molar-refractivity contribution is -0.135. The highest BCUT2D eigenvalue weighted by Crippen LogP contribution is 2.12. The summed E-state index contributed by atoms with van der Waals surface area (Å²) in [5, 5.41) is 18.0. The fraction of sp³-hybridized carbons (Fsp3) is 0.595. The first-order valence-corrected chi connectivity index (χ1v) is 19.4. The average molecular weight is 819 g/mol. The molecule has 1 aliphatic rings. The van der Waals surface area contributed by atoms with Gasteiger partial charge in [0.2, 0.25) is 47.3 Å². The van der Waals surface area contributed by atoms with Gasteiger partial charge in [-0.2, -0.15) is 0 Å². The maximum Gasteiger partial charge on any atom is 0.243 e. The molecule has 1 aliphatic heterocycles. The number of benzene rings is 1. The highest BCUT2D eigenvalue weighted by atomic mass is 19.1. The molecule has 1 aromatic carbocycles. The molecule has 15 N–H and O–H groups in total. The first kappa shape index (κ1) is 48.3. The van der Waals surface area contributed by atoms with Crippen LogP contribution in [0.2, 0.25) is 0 Å². The van der Waals surface area contributed by atoms with E-state index in [-0.39, 0.29) is 88.9 Å². The molecule has 8 amide bonds. The number of unbranched alkanes of at least 4 members (excludes halogenated alkanes) is 1. The van der Waals surface area contributed by atoms with Gasteiger partial charge in [0, 0.05) is 32.9 Å². The molecule has 1 aromatic rings. The number of aliphatic imine (C=N–C) groups is 1. The zero-order valence-electron chi connectivity index (χ0n) is 33.1. The van der Waals surface area contributed by atoms with Gasteiger partial charge in [-0.15, -0.1) is 0 Å². The Hall–Kier alpha value is -5.86. The molecule has 0 saturated carbocycles. The van der Waals surface area contributed by atoms with Crippen LogP contribution in [0.3, 0.4) is 0 Å². The van der Waals surface area contributed by atoms with E-state index in [0.29, 0.717) is 12.8 Å². The lowest BCUT2D eigenvalue weighted by Gasteiger charge is -2.27. The average Bonchev–Trinajstić information content (AvgIpc) is 3.16. The van der Waals surface area contributed by atoms with Gasteiger partial charge >= 0.3 is 0 Å². The lowest BCUT2D eigenvalue weighted by Crippen LogP contribution is -2.60. The summed E-state index contributed by atoms with van der Waals surface area (Å²) in [6, 6.07) is -2.35. The van der Waals surface area contributed by atoms with E-state index in [1.165, 1.54) is 31.2 Å². The number of hydrogen-bond donors (Lipinski definition) is 11. The second-order valence-electron chi connectivity index (χ2n) is 14.0. The Morgan fingerprint density at radius 1 is 0.862 bits per heavy atom. The molecular formula is C37H59FN12O8. The largest absolute Gasteiger partial charge is 0.370 e. The molecule has 58 heavy (non-hydrogen) atoms. The Morgan fingerprint density at radius 2 is 1.48 bits per heavy atom. The number of primary amides is 1. The van der Waals surface area contributed by atoms with Gasteiger partial charge in [-0.1, -0.05) is 38.0 Å². The second kappa shape index (κ2) is 25.4. The predicted octanol–water partition coefficient (Wildman–Crippen LogP) is -2.94. The predicted molar refractivity (Wildman–Crippen MR) is 211 cm³/mol. The van der Waals surface area contributed by atoms with Crippen molar-refractivity contribution in [2.45, 2.75) is 121 Å². The normalized spacial score (nSPS) is 21.9. The Kier molecular flexibility index (Phi) is 21.2. The molecule has 2 rings (SSSR count). The number of halogens is 1.